The van der Waals surface area contributed by atoms with Crippen LogP contribution < -0.4 is 15.4 Å². The summed E-state index contributed by atoms with van der Waals surface area (Å²) in [6.45, 7) is 5.89. The summed E-state index contributed by atoms with van der Waals surface area (Å²) in [5, 5.41) is 12.1. The second-order valence-corrected chi connectivity index (χ2v) is 7.91. The summed E-state index contributed by atoms with van der Waals surface area (Å²) < 4.78 is 12.6. The van der Waals surface area contributed by atoms with Crippen molar-refractivity contribution < 1.29 is 14.3 Å². The number of anilines is 1. The molecule has 3 rings (SSSR count). The zero-order valence-corrected chi connectivity index (χ0v) is 18.8. The van der Waals surface area contributed by atoms with Crippen molar-refractivity contribution in [3.63, 3.8) is 0 Å². The standard InChI is InChI=1S/C21H28N6O3S/c1-4-31-21-25-18(22-11-13-29-3)17-14-24-27(19(17)26-21)12-10-23-20(28)15(2)30-16-8-6-5-7-9-16/h5-9,14-15H,4,10-13H2,1-3H3,(H,23,28)(H,22,25,26). The second kappa shape index (κ2) is 11.5. The van der Waals surface area contributed by atoms with Crippen molar-refractivity contribution >= 4 is 34.5 Å². The molecule has 0 fully saturated rings. The largest absolute Gasteiger partial charge is 0.481 e. The molecule has 3 aromatic rings. The molecule has 31 heavy (non-hydrogen) atoms. The van der Waals surface area contributed by atoms with Gasteiger partial charge in [0, 0.05) is 20.2 Å². The Kier molecular flexibility index (Phi) is 8.48. The van der Waals surface area contributed by atoms with Gasteiger partial charge in [0.2, 0.25) is 0 Å². The number of ether oxygens (including phenoxy) is 2. The molecular weight excluding hydrogens is 416 g/mol. The highest BCUT2D eigenvalue weighted by atomic mass is 32.2. The van der Waals surface area contributed by atoms with Gasteiger partial charge in [-0.2, -0.15) is 5.10 Å². The van der Waals surface area contributed by atoms with E-state index in [9.17, 15) is 4.79 Å². The number of hydrogen-bond acceptors (Lipinski definition) is 8. The zero-order valence-electron chi connectivity index (χ0n) is 18.0. The minimum Gasteiger partial charge on any atom is -0.481 e. The van der Waals surface area contributed by atoms with Crippen molar-refractivity contribution in [2.75, 3.05) is 37.9 Å². The van der Waals surface area contributed by atoms with Crippen LogP contribution in [0.2, 0.25) is 0 Å². The number of rotatable bonds is 12. The van der Waals surface area contributed by atoms with Gasteiger partial charge in [0.15, 0.2) is 16.9 Å². The van der Waals surface area contributed by atoms with Crippen LogP contribution in [-0.2, 0) is 16.1 Å². The van der Waals surface area contributed by atoms with Gasteiger partial charge in [0.05, 0.1) is 24.7 Å². The minimum absolute atomic E-state index is 0.181. The first-order chi connectivity index (χ1) is 15.1. The summed E-state index contributed by atoms with van der Waals surface area (Å²) in [4.78, 5) is 21.6. The topological polar surface area (TPSA) is 103 Å². The van der Waals surface area contributed by atoms with E-state index in [-0.39, 0.29) is 5.91 Å². The summed E-state index contributed by atoms with van der Waals surface area (Å²) in [5.41, 5.74) is 0.730. The van der Waals surface area contributed by atoms with Gasteiger partial charge >= 0.3 is 0 Å². The summed E-state index contributed by atoms with van der Waals surface area (Å²) >= 11 is 1.57. The smallest absolute Gasteiger partial charge is 0.260 e. The normalized spacial score (nSPS) is 12.0. The highest BCUT2D eigenvalue weighted by Crippen LogP contribution is 2.24. The van der Waals surface area contributed by atoms with E-state index in [1.807, 2.05) is 30.3 Å². The molecule has 0 bridgehead atoms. The molecule has 0 spiro atoms. The molecule has 9 nitrogen and oxygen atoms in total. The number of nitrogens with one attached hydrogen (secondary N) is 2. The Hall–Kier alpha value is -2.85. The maximum atomic E-state index is 12.4. The third kappa shape index (κ3) is 6.31. The average Bonchev–Trinajstić information content (AvgIpc) is 3.18. The molecule has 1 atom stereocenters. The number of methoxy groups -OCH3 is 1. The lowest BCUT2D eigenvalue weighted by atomic mass is 10.3. The number of nitrogens with zero attached hydrogens (tertiary/aromatic N) is 4. The van der Waals surface area contributed by atoms with Crippen LogP contribution in [0.4, 0.5) is 5.82 Å². The van der Waals surface area contributed by atoms with E-state index in [2.05, 4.69) is 32.6 Å². The lowest BCUT2D eigenvalue weighted by Crippen LogP contribution is -2.38. The molecule has 0 radical (unpaired) electrons. The fourth-order valence-corrected chi connectivity index (χ4v) is 3.45. The van der Waals surface area contributed by atoms with Crippen LogP contribution in [0.5, 0.6) is 5.75 Å². The zero-order chi connectivity index (χ0) is 22.1. The Labute approximate surface area is 185 Å². The first-order valence-electron chi connectivity index (χ1n) is 10.2. The second-order valence-electron chi connectivity index (χ2n) is 6.68. The predicted molar refractivity (Wildman–Crippen MR) is 122 cm³/mol. The average molecular weight is 445 g/mol. The van der Waals surface area contributed by atoms with Gasteiger partial charge in [-0.15, -0.1) is 0 Å². The Balaban J connectivity index is 1.63. The first kappa shape index (κ1) is 22.8. The Morgan fingerprint density at radius 1 is 1.23 bits per heavy atom. The van der Waals surface area contributed by atoms with Gasteiger partial charge in [-0.05, 0) is 24.8 Å². The molecule has 1 amide bonds. The van der Waals surface area contributed by atoms with E-state index in [0.29, 0.717) is 37.1 Å². The van der Waals surface area contributed by atoms with E-state index in [0.717, 1.165) is 22.6 Å². The first-order valence-corrected chi connectivity index (χ1v) is 11.2. The third-order valence-corrected chi connectivity index (χ3v) is 5.13. The number of benzene rings is 1. The molecule has 2 aromatic heterocycles. The fourth-order valence-electron chi connectivity index (χ4n) is 2.88. The quantitative estimate of drug-likeness (QED) is 0.250. The van der Waals surface area contributed by atoms with E-state index in [1.165, 1.54) is 0 Å². The predicted octanol–water partition coefficient (Wildman–Crippen LogP) is 2.58. The lowest BCUT2D eigenvalue weighted by Gasteiger charge is -2.14. The number of thioether (sulfide) groups is 1. The van der Waals surface area contributed by atoms with E-state index in [1.54, 1.807) is 36.7 Å². The molecule has 2 N–H and O–H groups in total. The third-order valence-electron chi connectivity index (χ3n) is 4.40. The highest BCUT2D eigenvalue weighted by Gasteiger charge is 2.16. The number of fused-ring (bicyclic) bond motifs is 1. The molecule has 10 heteroatoms. The van der Waals surface area contributed by atoms with Crippen LogP contribution in [0, 0.1) is 0 Å². The number of carbonyl (C=O) groups excluding carboxylic acids is 1. The van der Waals surface area contributed by atoms with Crippen molar-refractivity contribution in [1.82, 2.24) is 25.1 Å². The molecule has 1 unspecified atom stereocenters. The summed E-state index contributed by atoms with van der Waals surface area (Å²) in [6, 6.07) is 9.29. The van der Waals surface area contributed by atoms with Crippen LogP contribution in [-0.4, -0.2) is 64.3 Å². The van der Waals surface area contributed by atoms with Crippen LogP contribution >= 0.6 is 11.8 Å². The SMILES string of the molecule is CCSc1nc(NCCOC)c2cnn(CCNC(=O)C(C)Oc3ccccc3)c2n1. The number of hydrogen-bond donors (Lipinski definition) is 2. The maximum Gasteiger partial charge on any atom is 0.260 e. The molecule has 0 saturated heterocycles. The van der Waals surface area contributed by atoms with Gasteiger partial charge < -0.3 is 20.1 Å². The van der Waals surface area contributed by atoms with Crippen LogP contribution in [0.1, 0.15) is 13.8 Å². The van der Waals surface area contributed by atoms with Gasteiger partial charge in [-0.25, -0.2) is 14.6 Å². The van der Waals surface area contributed by atoms with Crippen molar-refractivity contribution in [3.8, 4) is 5.75 Å². The van der Waals surface area contributed by atoms with Crippen molar-refractivity contribution in [3.05, 3.63) is 36.5 Å². The lowest BCUT2D eigenvalue weighted by molar-refractivity contribution is -0.127. The van der Waals surface area contributed by atoms with Crippen molar-refractivity contribution in [1.29, 1.82) is 0 Å². The maximum absolute atomic E-state index is 12.4. The van der Waals surface area contributed by atoms with E-state index in [4.69, 9.17) is 9.47 Å². The summed E-state index contributed by atoms with van der Waals surface area (Å²) in [5.74, 6) is 2.08. The van der Waals surface area contributed by atoms with Crippen LogP contribution in [0.15, 0.2) is 41.7 Å². The van der Waals surface area contributed by atoms with Gasteiger partial charge in [-0.1, -0.05) is 36.9 Å². The van der Waals surface area contributed by atoms with E-state index < -0.39 is 6.10 Å². The molecule has 0 aliphatic heterocycles. The Morgan fingerprint density at radius 3 is 2.77 bits per heavy atom. The van der Waals surface area contributed by atoms with E-state index >= 15 is 0 Å². The van der Waals surface area contributed by atoms with Gasteiger partial charge in [0.25, 0.3) is 5.91 Å². The molecule has 1 aromatic carbocycles. The molecule has 0 aliphatic carbocycles. The number of aromatic nitrogens is 4. The molecule has 0 aliphatic rings. The van der Waals surface area contributed by atoms with Crippen molar-refractivity contribution in [2.45, 2.75) is 31.7 Å². The minimum atomic E-state index is -0.594. The number of para-hydroxylation sites is 1. The summed E-state index contributed by atoms with van der Waals surface area (Å²) in [7, 11) is 1.66. The molecular formula is C21H28N6O3S. The Morgan fingerprint density at radius 2 is 2.03 bits per heavy atom. The monoisotopic (exact) mass is 444 g/mol. The van der Waals surface area contributed by atoms with Crippen LogP contribution in [0.25, 0.3) is 11.0 Å². The summed E-state index contributed by atoms with van der Waals surface area (Å²) in [6.07, 6.45) is 1.15. The molecule has 0 saturated carbocycles. The Bertz CT molecular complexity index is 982. The number of carbonyl (C=O) groups is 1. The molecule has 2 heterocycles. The van der Waals surface area contributed by atoms with Gasteiger partial charge in [-0.3, -0.25) is 4.79 Å². The van der Waals surface area contributed by atoms with Crippen LogP contribution in [0.3, 0.4) is 0 Å². The van der Waals surface area contributed by atoms with Gasteiger partial charge in [0.1, 0.15) is 11.6 Å². The fraction of sp³-hybridized carbons (Fsp3) is 0.429. The highest BCUT2D eigenvalue weighted by molar-refractivity contribution is 7.99. The molecule has 166 valence electrons. The van der Waals surface area contributed by atoms with Crippen molar-refractivity contribution in [2.24, 2.45) is 0 Å². The number of amides is 1.